The van der Waals surface area contributed by atoms with Crippen LogP contribution < -0.4 is 10.5 Å². The second-order valence-corrected chi connectivity index (χ2v) is 8.37. The first-order chi connectivity index (χ1) is 14.6. The van der Waals surface area contributed by atoms with E-state index in [4.69, 9.17) is 22.1 Å². The van der Waals surface area contributed by atoms with Crippen molar-refractivity contribution in [3.63, 3.8) is 0 Å². The van der Waals surface area contributed by atoms with Gasteiger partial charge in [-0.3, -0.25) is 4.79 Å². The van der Waals surface area contributed by atoms with E-state index in [0.717, 1.165) is 27.3 Å². The molecule has 30 heavy (non-hydrogen) atoms. The number of halogens is 1. The lowest BCUT2D eigenvalue weighted by atomic mass is 9.94. The van der Waals surface area contributed by atoms with Gasteiger partial charge in [-0.2, -0.15) is 0 Å². The number of nitrogen functional groups attached to an aromatic ring is 1. The lowest BCUT2D eigenvalue weighted by molar-refractivity contribution is 0.103. The van der Waals surface area contributed by atoms with Crippen molar-refractivity contribution in [2.75, 3.05) is 12.8 Å². The lowest BCUT2D eigenvalue weighted by Gasteiger charge is -2.10. The van der Waals surface area contributed by atoms with Crippen LogP contribution in [0.3, 0.4) is 0 Å². The molecule has 0 aliphatic heterocycles. The predicted molar refractivity (Wildman–Crippen MR) is 125 cm³/mol. The number of ether oxygens (including phenoxy) is 1. The number of thiophene rings is 1. The van der Waals surface area contributed by atoms with Gasteiger partial charge in [0.25, 0.3) is 0 Å². The summed E-state index contributed by atoms with van der Waals surface area (Å²) >= 11 is 7.45. The van der Waals surface area contributed by atoms with E-state index >= 15 is 0 Å². The summed E-state index contributed by atoms with van der Waals surface area (Å²) in [5.74, 6) is 0.683. The number of carbonyl (C=O) groups is 1. The standard InChI is InChI=1S/C25H20ClNO2S/c1-29-20-9-5-6-16(14-20)15-21-22(23(28)17-10-12-19(26)13-11-17)25(27)30-24(21)18-7-3-2-4-8-18/h2-14H,15,27H2,1H3. The Kier molecular flexibility index (Phi) is 5.88. The Hall–Kier alpha value is -3.08. The molecular formula is C25H20ClNO2S. The molecule has 0 saturated heterocycles. The number of nitrogens with two attached hydrogens (primary N) is 1. The van der Waals surface area contributed by atoms with Gasteiger partial charge in [-0.05, 0) is 59.5 Å². The SMILES string of the molecule is COc1cccc(Cc2c(-c3ccccc3)sc(N)c2C(=O)c2ccc(Cl)cc2)c1. The van der Waals surface area contributed by atoms with Crippen LogP contribution in [0.1, 0.15) is 27.0 Å². The van der Waals surface area contributed by atoms with E-state index in [1.165, 1.54) is 11.3 Å². The Morgan fingerprint density at radius 1 is 1.00 bits per heavy atom. The summed E-state index contributed by atoms with van der Waals surface area (Å²) in [7, 11) is 1.65. The lowest BCUT2D eigenvalue weighted by Crippen LogP contribution is -2.07. The molecule has 0 unspecified atom stereocenters. The third kappa shape index (κ3) is 4.11. The summed E-state index contributed by atoms with van der Waals surface area (Å²) in [6.07, 6.45) is 0.573. The van der Waals surface area contributed by atoms with E-state index in [0.29, 0.717) is 27.6 Å². The van der Waals surface area contributed by atoms with Crippen LogP contribution in [0.25, 0.3) is 10.4 Å². The molecule has 0 fully saturated rings. The highest BCUT2D eigenvalue weighted by Gasteiger charge is 2.24. The monoisotopic (exact) mass is 433 g/mol. The number of rotatable bonds is 6. The fourth-order valence-electron chi connectivity index (χ4n) is 3.46. The predicted octanol–water partition coefficient (Wildman–Crippen LogP) is 6.48. The molecule has 4 aromatic rings. The van der Waals surface area contributed by atoms with Gasteiger partial charge in [0.15, 0.2) is 5.78 Å². The molecule has 0 radical (unpaired) electrons. The molecule has 3 aromatic carbocycles. The molecule has 3 nitrogen and oxygen atoms in total. The summed E-state index contributed by atoms with van der Waals surface area (Å²) in [4.78, 5) is 14.4. The van der Waals surface area contributed by atoms with E-state index in [1.807, 2.05) is 54.6 Å². The Morgan fingerprint density at radius 3 is 2.43 bits per heavy atom. The van der Waals surface area contributed by atoms with Gasteiger partial charge in [0, 0.05) is 15.5 Å². The van der Waals surface area contributed by atoms with Crippen LogP contribution in [0.4, 0.5) is 5.00 Å². The molecule has 0 spiro atoms. The Morgan fingerprint density at radius 2 is 1.73 bits per heavy atom. The molecule has 1 aromatic heterocycles. The molecule has 150 valence electrons. The van der Waals surface area contributed by atoms with E-state index in [2.05, 4.69) is 0 Å². The van der Waals surface area contributed by atoms with Crippen molar-refractivity contribution >= 4 is 33.7 Å². The molecule has 4 rings (SSSR count). The largest absolute Gasteiger partial charge is 0.497 e. The zero-order valence-corrected chi connectivity index (χ0v) is 18.0. The summed E-state index contributed by atoms with van der Waals surface area (Å²) in [5.41, 5.74) is 10.6. The fourth-order valence-corrected chi connectivity index (χ4v) is 4.67. The van der Waals surface area contributed by atoms with Gasteiger partial charge in [0.1, 0.15) is 5.75 Å². The highest BCUT2D eigenvalue weighted by atomic mass is 35.5. The molecular weight excluding hydrogens is 414 g/mol. The highest BCUT2D eigenvalue weighted by molar-refractivity contribution is 7.20. The number of hydrogen-bond donors (Lipinski definition) is 1. The van der Waals surface area contributed by atoms with Crippen LogP contribution in [-0.4, -0.2) is 12.9 Å². The van der Waals surface area contributed by atoms with Crippen LogP contribution in [-0.2, 0) is 6.42 Å². The highest BCUT2D eigenvalue weighted by Crippen LogP contribution is 2.41. The third-order valence-corrected chi connectivity index (χ3v) is 6.28. The van der Waals surface area contributed by atoms with Crippen molar-refractivity contribution in [1.29, 1.82) is 0 Å². The summed E-state index contributed by atoms with van der Waals surface area (Å²) in [6.45, 7) is 0. The fraction of sp³-hybridized carbons (Fsp3) is 0.0800. The van der Waals surface area contributed by atoms with Gasteiger partial charge >= 0.3 is 0 Å². The van der Waals surface area contributed by atoms with E-state index < -0.39 is 0 Å². The maximum atomic E-state index is 13.4. The number of methoxy groups -OCH3 is 1. The number of benzene rings is 3. The minimum atomic E-state index is -0.0968. The van der Waals surface area contributed by atoms with Crippen LogP contribution in [0.2, 0.25) is 5.02 Å². The molecule has 0 atom stereocenters. The van der Waals surface area contributed by atoms with Gasteiger partial charge in [-0.1, -0.05) is 54.1 Å². The first-order valence-corrected chi connectivity index (χ1v) is 10.7. The molecule has 5 heteroatoms. The average Bonchev–Trinajstić information content (AvgIpc) is 3.10. The van der Waals surface area contributed by atoms with Crippen molar-refractivity contribution in [2.45, 2.75) is 6.42 Å². The minimum absolute atomic E-state index is 0.0968. The van der Waals surface area contributed by atoms with Crippen molar-refractivity contribution in [3.8, 4) is 16.2 Å². The number of carbonyl (C=O) groups excluding carboxylic acids is 1. The van der Waals surface area contributed by atoms with Gasteiger partial charge in [-0.25, -0.2) is 0 Å². The van der Waals surface area contributed by atoms with Crippen LogP contribution in [0, 0.1) is 0 Å². The first-order valence-electron chi connectivity index (χ1n) is 9.46. The molecule has 0 aliphatic carbocycles. The van der Waals surface area contributed by atoms with Gasteiger partial charge in [0.05, 0.1) is 17.7 Å². The average molecular weight is 434 g/mol. The smallest absolute Gasteiger partial charge is 0.196 e. The molecule has 0 amide bonds. The minimum Gasteiger partial charge on any atom is -0.497 e. The maximum Gasteiger partial charge on any atom is 0.196 e. The maximum absolute atomic E-state index is 13.4. The Bertz CT molecular complexity index is 1180. The van der Waals surface area contributed by atoms with Crippen LogP contribution in [0.5, 0.6) is 5.75 Å². The van der Waals surface area contributed by atoms with Crippen molar-refractivity contribution < 1.29 is 9.53 Å². The van der Waals surface area contributed by atoms with E-state index in [9.17, 15) is 4.79 Å². The van der Waals surface area contributed by atoms with Gasteiger partial charge in [0.2, 0.25) is 0 Å². The van der Waals surface area contributed by atoms with Crippen LogP contribution >= 0.6 is 22.9 Å². The molecule has 0 aliphatic rings. The molecule has 1 heterocycles. The van der Waals surface area contributed by atoms with Crippen LogP contribution in [0.15, 0.2) is 78.9 Å². The summed E-state index contributed by atoms with van der Waals surface area (Å²) in [6, 6.07) is 24.8. The van der Waals surface area contributed by atoms with E-state index in [1.54, 1.807) is 31.4 Å². The third-order valence-electron chi connectivity index (χ3n) is 4.92. The first kappa shape index (κ1) is 20.2. The summed E-state index contributed by atoms with van der Waals surface area (Å²) < 4.78 is 5.37. The number of anilines is 1. The van der Waals surface area contributed by atoms with Crippen molar-refractivity contribution in [3.05, 3.63) is 106 Å². The van der Waals surface area contributed by atoms with Crippen molar-refractivity contribution in [1.82, 2.24) is 0 Å². The number of hydrogen-bond acceptors (Lipinski definition) is 4. The number of ketones is 1. The normalized spacial score (nSPS) is 10.7. The van der Waals surface area contributed by atoms with Gasteiger partial charge < -0.3 is 10.5 Å². The van der Waals surface area contributed by atoms with Crippen molar-refractivity contribution in [2.24, 2.45) is 0 Å². The molecule has 0 bridgehead atoms. The Balaban J connectivity index is 1.85. The topological polar surface area (TPSA) is 52.3 Å². The summed E-state index contributed by atoms with van der Waals surface area (Å²) in [5, 5.41) is 1.11. The van der Waals surface area contributed by atoms with Gasteiger partial charge in [-0.15, -0.1) is 11.3 Å². The zero-order chi connectivity index (χ0) is 21.1. The second-order valence-electron chi connectivity index (χ2n) is 6.88. The Labute approximate surface area is 184 Å². The molecule has 2 N–H and O–H groups in total. The molecule has 0 saturated carbocycles. The van der Waals surface area contributed by atoms with E-state index in [-0.39, 0.29) is 5.78 Å². The zero-order valence-electron chi connectivity index (χ0n) is 16.4. The second kappa shape index (κ2) is 8.74. The quantitative estimate of drug-likeness (QED) is 0.354.